The minimum atomic E-state index is 0.641. The van der Waals surface area contributed by atoms with E-state index in [0.29, 0.717) is 11.5 Å². The number of aromatic nitrogens is 2. The summed E-state index contributed by atoms with van der Waals surface area (Å²) in [6.45, 7) is 0. The average Bonchev–Trinajstić information content (AvgIpc) is 2.75. The van der Waals surface area contributed by atoms with Gasteiger partial charge < -0.3 is 14.8 Å². The van der Waals surface area contributed by atoms with Crippen LogP contribution in [0.2, 0.25) is 0 Å². The molecule has 1 heterocycles. The molecular weight excluding hydrogens is 370 g/mol. The van der Waals surface area contributed by atoms with Gasteiger partial charge in [-0.25, -0.2) is 9.97 Å². The van der Waals surface area contributed by atoms with Crippen molar-refractivity contribution in [2.75, 3.05) is 19.5 Å². The smallest absolute Gasteiger partial charge is 0.162 e. The molecule has 0 spiro atoms. The normalized spacial score (nSPS) is 10.6. The first-order valence-corrected chi connectivity index (χ1v) is 9.55. The fraction of sp³-hybridized carbons (Fsp3) is 0.0909. The van der Waals surface area contributed by atoms with Gasteiger partial charge in [0.2, 0.25) is 0 Å². The second-order valence-electron chi connectivity index (χ2n) is 6.01. The lowest BCUT2D eigenvalue weighted by molar-refractivity contribution is 0.356. The summed E-state index contributed by atoms with van der Waals surface area (Å²) in [6.07, 6.45) is 1.54. The van der Waals surface area contributed by atoms with Crippen LogP contribution in [0.3, 0.4) is 0 Å². The van der Waals surface area contributed by atoms with Gasteiger partial charge in [0.15, 0.2) is 11.5 Å². The van der Waals surface area contributed by atoms with Crippen molar-refractivity contribution in [1.29, 1.82) is 0 Å². The fourth-order valence-electron chi connectivity index (χ4n) is 2.85. The van der Waals surface area contributed by atoms with Gasteiger partial charge >= 0.3 is 0 Å². The van der Waals surface area contributed by atoms with E-state index in [2.05, 4.69) is 39.6 Å². The third-order valence-electron chi connectivity index (χ3n) is 4.24. The number of hydrogen-bond donors (Lipinski definition) is 1. The molecule has 0 fully saturated rings. The number of methoxy groups -OCH3 is 2. The van der Waals surface area contributed by atoms with Gasteiger partial charge in [-0.15, -0.1) is 0 Å². The molecular formula is C22H19N3O2S. The first kappa shape index (κ1) is 18.1. The van der Waals surface area contributed by atoms with Crippen LogP contribution in [-0.4, -0.2) is 24.2 Å². The van der Waals surface area contributed by atoms with E-state index >= 15 is 0 Å². The Hall–Kier alpha value is -3.25. The second kappa shape index (κ2) is 8.19. The van der Waals surface area contributed by atoms with Crippen molar-refractivity contribution < 1.29 is 9.47 Å². The highest BCUT2D eigenvalue weighted by Gasteiger charge is 2.11. The highest BCUT2D eigenvalue weighted by Crippen LogP contribution is 2.35. The lowest BCUT2D eigenvalue weighted by Gasteiger charge is -2.12. The largest absolute Gasteiger partial charge is 0.493 e. The van der Waals surface area contributed by atoms with E-state index < -0.39 is 0 Å². The lowest BCUT2D eigenvalue weighted by atomic mass is 10.2. The third kappa shape index (κ3) is 3.87. The van der Waals surface area contributed by atoms with Gasteiger partial charge in [0.25, 0.3) is 0 Å². The monoisotopic (exact) mass is 389 g/mol. The number of nitrogens with one attached hydrogen (secondary N) is 1. The Morgan fingerprint density at radius 1 is 0.786 bits per heavy atom. The van der Waals surface area contributed by atoms with Crippen molar-refractivity contribution in [1.82, 2.24) is 9.97 Å². The summed E-state index contributed by atoms with van der Waals surface area (Å²) in [6, 6.07) is 22.3. The number of fused-ring (bicyclic) bond motifs is 1. The number of nitrogens with zero attached hydrogens (tertiary/aromatic N) is 2. The first-order valence-electron chi connectivity index (χ1n) is 8.73. The summed E-state index contributed by atoms with van der Waals surface area (Å²) < 4.78 is 10.8. The van der Waals surface area contributed by atoms with Gasteiger partial charge in [0.1, 0.15) is 12.1 Å². The number of anilines is 2. The summed E-state index contributed by atoms with van der Waals surface area (Å²) in [5.74, 6) is 2.00. The van der Waals surface area contributed by atoms with Crippen LogP contribution in [0.25, 0.3) is 10.9 Å². The zero-order chi connectivity index (χ0) is 19.3. The summed E-state index contributed by atoms with van der Waals surface area (Å²) in [5, 5.41) is 4.23. The predicted molar refractivity (Wildman–Crippen MR) is 113 cm³/mol. The summed E-state index contributed by atoms with van der Waals surface area (Å²) in [4.78, 5) is 11.1. The molecule has 0 aliphatic heterocycles. The van der Waals surface area contributed by atoms with E-state index in [1.54, 1.807) is 26.0 Å². The van der Waals surface area contributed by atoms with Crippen molar-refractivity contribution in [3.63, 3.8) is 0 Å². The van der Waals surface area contributed by atoms with E-state index in [1.165, 1.54) is 16.1 Å². The van der Waals surface area contributed by atoms with Gasteiger partial charge in [-0.1, -0.05) is 30.0 Å². The van der Waals surface area contributed by atoms with Crippen molar-refractivity contribution >= 4 is 34.2 Å². The second-order valence-corrected chi connectivity index (χ2v) is 7.16. The lowest BCUT2D eigenvalue weighted by Crippen LogP contribution is -1.98. The average molecular weight is 389 g/mol. The molecule has 0 bridgehead atoms. The minimum Gasteiger partial charge on any atom is -0.493 e. The van der Waals surface area contributed by atoms with Crippen molar-refractivity contribution in [3.8, 4) is 11.5 Å². The quantitative estimate of drug-likeness (QED) is 0.467. The third-order valence-corrected chi connectivity index (χ3v) is 5.25. The molecule has 3 aromatic carbocycles. The van der Waals surface area contributed by atoms with Gasteiger partial charge in [0, 0.05) is 26.9 Å². The maximum Gasteiger partial charge on any atom is 0.162 e. The van der Waals surface area contributed by atoms with Crippen molar-refractivity contribution in [2.45, 2.75) is 9.79 Å². The molecule has 0 atom stereocenters. The van der Waals surface area contributed by atoms with E-state index in [9.17, 15) is 0 Å². The molecule has 1 aromatic heterocycles. The van der Waals surface area contributed by atoms with E-state index in [-0.39, 0.29) is 0 Å². The van der Waals surface area contributed by atoms with Gasteiger partial charge in [-0.2, -0.15) is 0 Å². The molecule has 5 nitrogen and oxygen atoms in total. The highest BCUT2D eigenvalue weighted by molar-refractivity contribution is 7.99. The van der Waals surface area contributed by atoms with Crippen LogP contribution in [0, 0.1) is 0 Å². The molecule has 0 amide bonds. The fourth-order valence-corrected chi connectivity index (χ4v) is 3.69. The Kier molecular flexibility index (Phi) is 5.30. The molecule has 0 radical (unpaired) electrons. The first-order chi connectivity index (χ1) is 13.8. The molecule has 0 saturated heterocycles. The molecule has 6 heteroatoms. The zero-order valence-corrected chi connectivity index (χ0v) is 16.4. The van der Waals surface area contributed by atoms with Gasteiger partial charge in [0.05, 0.1) is 19.7 Å². The topological polar surface area (TPSA) is 56.3 Å². The maximum atomic E-state index is 5.41. The van der Waals surface area contributed by atoms with Crippen LogP contribution < -0.4 is 14.8 Å². The van der Waals surface area contributed by atoms with Crippen LogP contribution >= 0.6 is 11.8 Å². The molecule has 1 N–H and O–H groups in total. The summed E-state index contributed by atoms with van der Waals surface area (Å²) in [7, 11) is 3.22. The Labute approximate surface area is 167 Å². The molecule has 0 aliphatic carbocycles. The van der Waals surface area contributed by atoms with Crippen molar-refractivity contribution in [3.05, 3.63) is 73.1 Å². The van der Waals surface area contributed by atoms with Crippen LogP contribution in [0.15, 0.2) is 82.8 Å². The molecule has 4 aromatic rings. The standard InChI is InChI=1S/C22H19N3O2S/c1-26-20-12-18-19(13-21(20)27-2)23-14-24-22(18)25-15-8-10-17(11-9-15)28-16-6-4-3-5-7-16/h3-14H,1-2H3,(H,23,24,25). The molecule has 28 heavy (non-hydrogen) atoms. The van der Waals surface area contributed by atoms with Crippen LogP contribution in [-0.2, 0) is 0 Å². The minimum absolute atomic E-state index is 0.641. The SMILES string of the molecule is COc1cc2ncnc(Nc3ccc(Sc4ccccc4)cc3)c2cc1OC. The van der Waals surface area contributed by atoms with Crippen LogP contribution in [0.5, 0.6) is 11.5 Å². The number of hydrogen-bond acceptors (Lipinski definition) is 6. The van der Waals surface area contributed by atoms with Gasteiger partial charge in [-0.05, 0) is 42.5 Å². The summed E-state index contributed by atoms with van der Waals surface area (Å²) >= 11 is 1.73. The van der Waals surface area contributed by atoms with E-state index in [1.807, 2.05) is 42.5 Å². The van der Waals surface area contributed by atoms with Crippen LogP contribution in [0.1, 0.15) is 0 Å². The Morgan fingerprint density at radius 3 is 2.18 bits per heavy atom. The Bertz CT molecular complexity index is 1090. The van der Waals surface area contributed by atoms with Crippen LogP contribution in [0.4, 0.5) is 11.5 Å². The molecule has 140 valence electrons. The Balaban J connectivity index is 1.59. The number of rotatable bonds is 6. The highest BCUT2D eigenvalue weighted by atomic mass is 32.2. The molecule has 0 aliphatic rings. The Morgan fingerprint density at radius 2 is 1.46 bits per heavy atom. The molecule has 4 rings (SSSR count). The van der Waals surface area contributed by atoms with E-state index in [4.69, 9.17) is 9.47 Å². The number of ether oxygens (including phenoxy) is 2. The summed E-state index contributed by atoms with van der Waals surface area (Å²) in [5.41, 5.74) is 1.73. The predicted octanol–water partition coefficient (Wildman–Crippen LogP) is 5.54. The van der Waals surface area contributed by atoms with Crippen molar-refractivity contribution in [2.24, 2.45) is 0 Å². The molecule has 0 unspecified atom stereocenters. The van der Waals surface area contributed by atoms with Gasteiger partial charge in [-0.3, -0.25) is 0 Å². The molecule has 0 saturated carbocycles. The maximum absolute atomic E-state index is 5.41. The zero-order valence-electron chi connectivity index (χ0n) is 15.5. The number of benzene rings is 3. The van der Waals surface area contributed by atoms with E-state index in [0.717, 1.165) is 22.4 Å².